The van der Waals surface area contributed by atoms with Crippen LogP contribution in [-0.2, 0) is 0 Å². The molecule has 0 aliphatic heterocycles. The van der Waals surface area contributed by atoms with Crippen LogP contribution in [0, 0.1) is 6.92 Å². The van der Waals surface area contributed by atoms with Crippen LogP contribution in [0.25, 0.3) is 0 Å². The number of hydrogen-bond acceptors (Lipinski definition) is 2. The molecular weight excluding hydrogens is 142 g/mol. The largest absolute Gasteiger partial charge is 0.322 e. The van der Waals surface area contributed by atoms with Gasteiger partial charge in [-0.3, -0.25) is 0 Å². The normalized spacial score (nSPS) is 9.50. The first-order valence-corrected chi connectivity index (χ1v) is 3.60. The highest BCUT2D eigenvalue weighted by Crippen LogP contribution is 2.18. The molecule has 0 radical (unpaired) electrons. The van der Waals surface area contributed by atoms with Crippen LogP contribution < -0.4 is 4.31 Å². The van der Waals surface area contributed by atoms with Crippen LogP contribution in [0.15, 0.2) is 24.3 Å². The summed E-state index contributed by atoms with van der Waals surface area (Å²) in [6, 6.07) is 8.15. The van der Waals surface area contributed by atoms with Crippen molar-refractivity contribution in [3.05, 3.63) is 29.8 Å². The molecule has 0 aromatic heterocycles. The van der Waals surface area contributed by atoms with Gasteiger partial charge in [-0.1, -0.05) is 31.0 Å². The van der Waals surface area contributed by atoms with Crippen LogP contribution in [0.1, 0.15) is 5.56 Å². The molecule has 0 saturated heterocycles. The van der Waals surface area contributed by atoms with E-state index in [1.54, 1.807) is 0 Å². The smallest absolute Gasteiger partial charge is 0.0493 e. The molecular formula is C8H11NS. The zero-order valence-corrected chi connectivity index (χ0v) is 7.10. The molecule has 0 N–H and O–H groups in total. The molecule has 1 rings (SSSR count). The van der Waals surface area contributed by atoms with Crippen LogP contribution in [0.4, 0.5) is 5.69 Å². The van der Waals surface area contributed by atoms with E-state index in [0.717, 1.165) is 5.69 Å². The van der Waals surface area contributed by atoms with Crippen molar-refractivity contribution in [3.63, 3.8) is 0 Å². The molecule has 54 valence electrons. The summed E-state index contributed by atoms with van der Waals surface area (Å²) < 4.78 is 1.81. The minimum Gasteiger partial charge on any atom is -0.322 e. The summed E-state index contributed by atoms with van der Waals surface area (Å²) >= 11 is 4.19. The molecule has 0 aliphatic carbocycles. The fraction of sp³-hybridized carbons (Fsp3) is 0.250. The lowest BCUT2D eigenvalue weighted by Gasteiger charge is -2.12. The Bertz CT molecular complexity index is 220. The van der Waals surface area contributed by atoms with E-state index < -0.39 is 0 Å². The maximum atomic E-state index is 4.19. The van der Waals surface area contributed by atoms with E-state index in [0.29, 0.717) is 0 Å². The second-order valence-corrected chi connectivity index (χ2v) is 2.91. The molecule has 0 bridgehead atoms. The van der Waals surface area contributed by atoms with Gasteiger partial charge in [0.15, 0.2) is 0 Å². The average Bonchev–Trinajstić information content (AvgIpc) is 1.88. The van der Waals surface area contributed by atoms with Crippen molar-refractivity contribution in [2.24, 2.45) is 0 Å². The number of nitrogens with zero attached hydrogens (tertiary/aromatic N) is 1. The molecule has 0 unspecified atom stereocenters. The van der Waals surface area contributed by atoms with Crippen molar-refractivity contribution < 1.29 is 0 Å². The second kappa shape index (κ2) is 2.97. The number of rotatable bonds is 1. The van der Waals surface area contributed by atoms with Crippen LogP contribution in [0.3, 0.4) is 0 Å². The Morgan fingerprint density at radius 3 is 2.30 bits per heavy atom. The SMILES string of the molecule is Cc1ccccc1N(C)S. The first-order valence-electron chi connectivity index (χ1n) is 3.20. The Kier molecular flexibility index (Phi) is 2.22. The molecule has 10 heavy (non-hydrogen) atoms. The summed E-state index contributed by atoms with van der Waals surface area (Å²) in [6.07, 6.45) is 0. The first kappa shape index (κ1) is 7.48. The van der Waals surface area contributed by atoms with Gasteiger partial charge in [0.25, 0.3) is 0 Å². The summed E-state index contributed by atoms with van der Waals surface area (Å²) in [7, 11) is 1.92. The van der Waals surface area contributed by atoms with E-state index in [-0.39, 0.29) is 0 Å². The highest BCUT2D eigenvalue weighted by atomic mass is 32.1. The number of para-hydroxylation sites is 1. The number of hydrogen-bond donors (Lipinski definition) is 1. The van der Waals surface area contributed by atoms with Gasteiger partial charge in [-0.25, -0.2) is 0 Å². The zero-order valence-electron chi connectivity index (χ0n) is 6.20. The zero-order chi connectivity index (χ0) is 7.56. The molecule has 0 saturated carbocycles. The molecule has 1 aromatic carbocycles. The van der Waals surface area contributed by atoms with Gasteiger partial charge in [0.2, 0.25) is 0 Å². The first-order chi connectivity index (χ1) is 4.72. The maximum absolute atomic E-state index is 4.19. The van der Waals surface area contributed by atoms with E-state index in [1.165, 1.54) is 5.56 Å². The molecule has 0 aliphatic rings. The van der Waals surface area contributed by atoms with E-state index in [1.807, 2.05) is 29.6 Å². The van der Waals surface area contributed by atoms with Gasteiger partial charge in [-0.15, -0.1) is 0 Å². The third-order valence-electron chi connectivity index (χ3n) is 1.46. The van der Waals surface area contributed by atoms with Crippen molar-refractivity contribution >= 4 is 18.5 Å². The monoisotopic (exact) mass is 153 g/mol. The predicted molar refractivity (Wildman–Crippen MR) is 48.6 cm³/mol. The lowest BCUT2D eigenvalue weighted by molar-refractivity contribution is 1.32. The van der Waals surface area contributed by atoms with Gasteiger partial charge < -0.3 is 4.31 Å². The number of benzene rings is 1. The van der Waals surface area contributed by atoms with Gasteiger partial charge in [0, 0.05) is 12.7 Å². The average molecular weight is 153 g/mol. The molecule has 1 aromatic rings. The highest BCUT2D eigenvalue weighted by molar-refractivity contribution is 7.81. The summed E-state index contributed by atoms with van der Waals surface area (Å²) in [5, 5.41) is 0. The maximum Gasteiger partial charge on any atom is 0.0493 e. The molecule has 0 fully saturated rings. The number of anilines is 1. The van der Waals surface area contributed by atoms with Crippen molar-refractivity contribution in [1.82, 2.24) is 0 Å². The van der Waals surface area contributed by atoms with Gasteiger partial charge >= 0.3 is 0 Å². The molecule has 0 heterocycles. The minimum atomic E-state index is 1.16. The van der Waals surface area contributed by atoms with E-state index in [9.17, 15) is 0 Å². The summed E-state index contributed by atoms with van der Waals surface area (Å²) in [5.74, 6) is 0. The summed E-state index contributed by atoms with van der Waals surface area (Å²) in [4.78, 5) is 0. The van der Waals surface area contributed by atoms with Gasteiger partial charge in [-0.2, -0.15) is 0 Å². The quantitative estimate of drug-likeness (QED) is 0.606. The topological polar surface area (TPSA) is 3.24 Å². The minimum absolute atomic E-state index is 1.16. The van der Waals surface area contributed by atoms with E-state index in [4.69, 9.17) is 0 Å². The Hall–Kier alpha value is -0.630. The third kappa shape index (κ3) is 1.45. The molecule has 0 atom stereocenters. The lowest BCUT2D eigenvalue weighted by atomic mass is 10.2. The van der Waals surface area contributed by atoms with E-state index >= 15 is 0 Å². The van der Waals surface area contributed by atoms with Crippen LogP contribution >= 0.6 is 12.8 Å². The van der Waals surface area contributed by atoms with Gasteiger partial charge in [0.1, 0.15) is 0 Å². The molecule has 2 heteroatoms. The van der Waals surface area contributed by atoms with Crippen LogP contribution in [0.5, 0.6) is 0 Å². The van der Waals surface area contributed by atoms with Crippen molar-refractivity contribution in [2.45, 2.75) is 6.92 Å². The Balaban J connectivity index is 3.03. The summed E-state index contributed by atoms with van der Waals surface area (Å²) in [5.41, 5.74) is 2.41. The number of aryl methyl sites for hydroxylation is 1. The summed E-state index contributed by atoms with van der Waals surface area (Å²) in [6.45, 7) is 2.07. The third-order valence-corrected chi connectivity index (χ3v) is 1.68. The Morgan fingerprint density at radius 2 is 1.90 bits per heavy atom. The van der Waals surface area contributed by atoms with Crippen LogP contribution in [0.2, 0.25) is 0 Å². The van der Waals surface area contributed by atoms with Crippen molar-refractivity contribution in [2.75, 3.05) is 11.4 Å². The second-order valence-electron chi connectivity index (χ2n) is 2.31. The lowest BCUT2D eigenvalue weighted by Crippen LogP contribution is -2.01. The molecule has 0 amide bonds. The highest BCUT2D eigenvalue weighted by Gasteiger charge is 1.96. The predicted octanol–water partition coefficient (Wildman–Crippen LogP) is 2.28. The number of thiol groups is 1. The van der Waals surface area contributed by atoms with E-state index in [2.05, 4.69) is 25.8 Å². The molecule has 0 spiro atoms. The van der Waals surface area contributed by atoms with Gasteiger partial charge in [0.05, 0.1) is 0 Å². The molecule has 1 nitrogen and oxygen atoms in total. The van der Waals surface area contributed by atoms with Crippen molar-refractivity contribution in [1.29, 1.82) is 0 Å². The van der Waals surface area contributed by atoms with Crippen LogP contribution in [-0.4, -0.2) is 7.05 Å². The Labute approximate surface area is 67.2 Å². The standard InChI is InChI=1S/C8H11NS/c1-7-5-3-4-6-8(7)9(2)10/h3-6,10H,1-2H3. The van der Waals surface area contributed by atoms with Gasteiger partial charge in [-0.05, 0) is 18.6 Å². The van der Waals surface area contributed by atoms with Crippen molar-refractivity contribution in [3.8, 4) is 0 Å². The fourth-order valence-electron chi connectivity index (χ4n) is 0.927. The fourth-order valence-corrected chi connectivity index (χ4v) is 1.15. The Morgan fingerprint density at radius 1 is 1.30 bits per heavy atom.